The monoisotopic (exact) mass is 624 g/mol. The van der Waals surface area contributed by atoms with Gasteiger partial charge in [0.25, 0.3) is 0 Å². The van der Waals surface area contributed by atoms with E-state index in [-0.39, 0.29) is 14.7 Å². The van der Waals surface area contributed by atoms with Crippen molar-refractivity contribution >= 4 is 20.4 Å². The van der Waals surface area contributed by atoms with Crippen LogP contribution in [-0.2, 0) is 13.7 Å². The van der Waals surface area contributed by atoms with Crippen molar-refractivity contribution in [3.8, 4) is 0 Å². The number of alkyl halides is 11. The van der Waals surface area contributed by atoms with E-state index >= 15 is 4.39 Å². The molecule has 1 aliphatic carbocycles. The fourth-order valence-corrected chi connectivity index (χ4v) is 9.77. The van der Waals surface area contributed by atoms with Crippen LogP contribution in [0.2, 0.25) is 0 Å². The Morgan fingerprint density at radius 2 is 0.675 bits per heavy atom. The highest BCUT2D eigenvalue weighted by Gasteiger charge is 3.04. The van der Waals surface area contributed by atoms with Crippen LogP contribution < -0.4 is 0 Å². The lowest BCUT2D eigenvalue weighted by Crippen LogP contribution is -2.85. The van der Waals surface area contributed by atoms with Crippen LogP contribution in [0.4, 0.5) is 48.3 Å². The van der Waals surface area contributed by atoms with Crippen molar-refractivity contribution in [3.05, 3.63) is 91.0 Å². The molecule has 0 unspecified atom stereocenters. The third kappa shape index (κ3) is 3.50. The predicted molar refractivity (Wildman–Crippen MR) is 120 cm³/mol. The molecule has 0 N–H and O–H groups in total. The van der Waals surface area contributed by atoms with Crippen molar-refractivity contribution in [1.82, 2.24) is 0 Å². The molecule has 0 heterocycles. The Hall–Kier alpha value is -2.85. The van der Waals surface area contributed by atoms with E-state index in [1.807, 2.05) is 0 Å². The molecule has 0 saturated heterocycles. The van der Waals surface area contributed by atoms with Gasteiger partial charge in [-0.1, -0.05) is 54.6 Å². The van der Waals surface area contributed by atoms with Crippen molar-refractivity contribution in [1.29, 1.82) is 0 Å². The van der Waals surface area contributed by atoms with E-state index in [1.54, 1.807) is 0 Å². The Kier molecular flexibility index (Phi) is 6.83. The highest BCUT2D eigenvalue weighted by Crippen LogP contribution is 2.75. The van der Waals surface area contributed by atoms with E-state index in [0.717, 1.165) is 36.4 Å². The first-order chi connectivity index (χ1) is 18.3. The van der Waals surface area contributed by atoms with E-state index in [4.69, 9.17) is 3.63 Å². The molecule has 0 aromatic heterocycles. The second-order valence-corrected chi connectivity index (χ2v) is 13.0. The molecule has 0 aliphatic heterocycles. The maximum atomic E-state index is 15.8. The summed E-state index contributed by atoms with van der Waals surface area (Å²) in [5, 5.41) is -7.39. The van der Waals surface area contributed by atoms with E-state index in [2.05, 4.69) is 0 Å². The quantitative estimate of drug-likeness (QED) is 0.261. The molecule has 1 fully saturated rings. The third-order valence-electron chi connectivity index (χ3n) is 6.15. The van der Waals surface area contributed by atoms with Crippen molar-refractivity contribution in [3.63, 3.8) is 0 Å². The third-order valence-corrected chi connectivity index (χ3v) is 11.7. The van der Waals surface area contributed by atoms with Gasteiger partial charge in [-0.15, -0.1) is 0 Å². The van der Waals surface area contributed by atoms with Gasteiger partial charge in [0.2, 0.25) is 0 Å². The van der Waals surface area contributed by atoms with Crippen LogP contribution in [0.15, 0.2) is 106 Å². The molecule has 0 bridgehead atoms. The van der Waals surface area contributed by atoms with Crippen LogP contribution in [0.5, 0.6) is 0 Å². The lowest BCUT2D eigenvalue weighted by molar-refractivity contribution is -0.470. The summed E-state index contributed by atoms with van der Waals surface area (Å²) in [5.41, 5.74) is 0. The molecule has 3 nitrogen and oxygen atoms in total. The number of hydrogen-bond acceptors (Lipinski definition) is 3. The molecule has 0 atom stereocenters. The molecule has 0 amide bonds. The van der Waals surface area contributed by atoms with Crippen molar-refractivity contribution in [2.45, 2.75) is 49.3 Å². The number of benzene rings is 3. The van der Waals surface area contributed by atoms with Crippen molar-refractivity contribution < 1.29 is 60.3 Å². The Bertz CT molecular complexity index is 1360. The van der Waals surface area contributed by atoms with Gasteiger partial charge in [-0.05, 0) is 46.7 Å². The summed E-state index contributed by atoms with van der Waals surface area (Å²) in [4.78, 5) is -0.984. The van der Waals surface area contributed by atoms with Gasteiger partial charge in [-0.25, -0.2) is 8.02 Å². The summed E-state index contributed by atoms with van der Waals surface area (Å²) in [7, 11) is -12.0. The number of halogens is 11. The van der Waals surface area contributed by atoms with Gasteiger partial charge < -0.3 is 0 Å². The molecular formula is C24H15F11O3S2. The Labute approximate surface area is 221 Å². The summed E-state index contributed by atoms with van der Waals surface area (Å²) in [6, 6.07) is 18.0. The minimum atomic E-state index is -7.72. The van der Waals surface area contributed by atoms with Crippen LogP contribution in [0.1, 0.15) is 0 Å². The maximum Gasteiger partial charge on any atom is 0.384 e. The van der Waals surface area contributed by atoms with Gasteiger partial charge in [0, 0.05) is 14.7 Å². The molecule has 0 spiro atoms. The highest BCUT2D eigenvalue weighted by atomic mass is 32.3. The lowest BCUT2D eigenvalue weighted by Gasteiger charge is -2.52. The molecule has 3 aromatic rings. The summed E-state index contributed by atoms with van der Waals surface area (Å²) < 4.78 is 190. The molecule has 0 radical (unpaired) electrons. The zero-order valence-corrected chi connectivity index (χ0v) is 21.0. The summed E-state index contributed by atoms with van der Waals surface area (Å²) in [6.45, 7) is 0. The van der Waals surface area contributed by atoms with Gasteiger partial charge in [0.1, 0.15) is 0 Å². The second kappa shape index (κ2) is 9.08. The SMILES string of the molecule is O=S(=O)(OS(c1ccccc1)(c1ccccc1)c1ccccc1)C1(F)C(F)(F)C(F)(F)C(F)(F)C(F)(F)C1(F)F. The number of rotatable bonds is 6. The normalized spacial score (nSPS) is 22.8. The fourth-order valence-electron chi connectivity index (χ4n) is 4.05. The lowest BCUT2D eigenvalue weighted by atomic mass is 9.81. The Balaban J connectivity index is 2.10. The molecule has 1 saturated carbocycles. The van der Waals surface area contributed by atoms with E-state index in [1.165, 1.54) is 54.6 Å². The summed E-state index contributed by atoms with van der Waals surface area (Å²) >= 11 is 0. The number of hydrogen-bond donors (Lipinski definition) is 0. The first-order valence-corrected chi connectivity index (χ1v) is 13.8. The second-order valence-electron chi connectivity index (χ2n) is 8.48. The summed E-state index contributed by atoms with van der Waals surface area (Å²) in [5.74, 6) is -38.1. The van der Waals surface area contributed by atoms with Crippen LogP contribution in [0.3, 0.4) is 0 Å². The molecular weight excluding hydrogens is 609 g/mol. The zero-order valence-electron chi connectivity index (χ0n) is 19.4. The molecule has 4 rings (SSSR count). The van der Waals surface area contributed by atoms with Crippen LogP contribution in [0, 0.1) is 0 Å². The first-order valence-electron chi connectivity index (χ1n) is 10.8. The van der Waals surface area contributed by atoms with Crippen LogP contribution >= 0.6 is 10.3 Å². The molecule has 218 valence electrons. The maximum absolute atomic E-state index is 15.8. The first kappa shape index (κ1) is 30.1. The molecule has 16 heteroatoms. The smallest absolute Gasteiger partial charge is 0.209 e. The summed E-state index contributed by atoms with van der Waals surface area (Å²) in [6.07, 6.45) is 0. The Morgan fingerprint density at radius 3 is 0.950 bits per heavy atom. The van der Waals surface area contributed by atoms with Gasteiger partial charge >= 0.3 is 44.7 Å². The molecule has 40 heavy (non-hydrogen) atoms. The minimum absolute atomic E-state index is 0.328. The van der Waals surface area contributed by atoms with Gasteiger partial charge in [0.05, 0.1) is 0 Å². The van der Waals surface area contributed by atoms with Crippen LogP contribution in [-0.4, -0.2) is 43.0 Å². The van der Waals surface area contributed by atoms with Crippen molar-refractivity contribution in [2.24, 2.45) is 0 Å². The largest absolute Gasteiger partial charge is 0.384 e. The van der Waals surface area contributed by atoms with Crippen molar-refractivity contribution in [2.75, 3.05) is 0 Å². The van der Waals surface area contributed by atoms with E-state index in [9.17, 15) is 52.3 Å². The highest BCUT2D eigenvalue weighted by molar-refractivity contribution is 8.33. The average Bonchev–Trinajstić information content (AvgIpc) is 2.91. The molecule has 3 aromatic carbocycles. The standard InChI is InChI=1S/C24H15F11O3S2/c25-19(26)20(27,28)22(31,32)24(35,23(33,34)21(19,29)30)40(36,37)38-39(16-10-4-1-5-11-16,17-12-6-2-7-13-17)18-14-8-3-9-15-18/h1-15H. The van der Waals surface area contributed by atoms with E-state index in [0.29, 0.717) is 0 Å². The van der Waals surface area contributed by atoms with Crippen LogP contribution in [0.25, 0.3) is 0 Å². The van der Waals surface area contributed by atoms with Gasteiger partial charge in [0.15, 0.2) is 0 Å². The molecule has 1 aliphatic rings. The zero-order chi connectivity index (χ0) is 30.0. The van der Waals surface area contributed by atoms with E-state index < -0.39 is 55.0 Å². The average molecular weight is 624 g/mol. The topological polar surface area (TPSA) is 43.4 Å². The van der Waals surface area contributed by atoms with Gasteiger partial charge in [-0.2, -0.15) is 52.3 Å². The Morgan fingerprint density at radius 1 is 0.425 bits per heavy atom. The fraction of sp³-hybridized carbons (Fsp3) is 0.250. The predicted octanol–water partition coefficient (Wildman–Crippen LogP) is 8.09. The van der Waals surface area contributed by atoms with Gasteiger partial charge in [-0.3, -0.25) is 0 Å². The minimum Gasteiger partial charge on any atom is -0.209 e.